The predicted octanol–water partition coefficient (Wildman–Crippen LogP) is 3.94. The van der Waals surface area contributed by atoms with Gasteiger partial charge in [0.2, 0.25) is 0 Å². The van der Waals surface area contributed by atoms with Gasteiger partial charge in [0.25, 0.3) is 0 Å². The van der Waals surface area contributed by atoms with Crippen molar-refractivity contribution < 1.29 is 0 Å². The molecule has 8 heteroatoms. The first-order valence-electron chi connectivity index (χ1n) is 8.70. The Balaban J connectivity index is 0.00000261. The van der Waals surface area contributed by atoms with Gasteiger partial charge in [0.15, 0.2) is 5.96 Å². The van der Waals surface area contributed by atoms with Gasteiger partial charge < -0.3 is 10.6 Å². The van der Waals surface area contributed by atoms with Crippen LogP contribution in [0.1, 0.15) is 36.2 Å². The normalized spacial score (nSPS) is 12.3. The first-order chi connectivity index (χ1) is 12.7. The topological polar surface area (TPSA) is 67.1 Å². The van der Waals surface area contributed by atoms with Gasteiger partial charge >= 0.3 is 0 Å². The van der Waals surface area contributed by atoms with Gasteiger partial charge in [-0.05, 0) is 37.1 Å². The maximum Gasteiger partial charge on any atom is 0.191 e. The Morgan fingerprint density at radius 2 is 2.19 bits per heavy atom. The van der Waals surface area contributed by atoms with E-state index in [-0.39, 0.29) is 30.0 Å². The molecule has 6 nitrogen and oxygen atoms in total. The number of hydrogen-bond acceptors (Lipinski definition) is 4. The third kappa shape index (κ3) is 5.77. The minimum absolute atomic E-state index is 0. The van der Waals surface area contributed by atoms with Crippen molar-refractivity contribution in [3.05, 3.63) is 64.4 Å². The maximum absolute atomic E-state index is 4.58. The van der Waals surface area contributed by atoms with Crippen LogP contribution in [0.25, 0.3) is 5.69 Å². The van der Waals surface area contributed by atoms with Crippen molar-refractivity contribution in [2.75, 3.05) is 7.05 Å². The fourth-order valence-corrected chi connectivity index (χ4v) is 3.35. The van der Waals surface area contributed by atoms with E-state index in [2.05, 4.69) is 57.1 Å². The molecule has 1 unspecified atom stereocenters. The number of hydrogen-bond donors (Lipinski definition) is 2. The van der Waals surface area contributed by atoms with Crippen LogP contribution in [0.5, 0.6) is 0 Å². The van der Waals surface area contributed by atoms with Crippen molar-refractivity contribution in [1.29, 1.82) is 0 Å². The molecule has 27 heavy (non-hydrogen) atoms. The Morgan fingerprint density at radius 1 is 1.33 bits per heavy atom. The van der Waals surface area contributed by atoms with Crippen LogP contribution in [0.4, 0.5) is 0 Å². The lowest BCUT2D eigenvalue weighted by Gasteiger charge is -2.18. The van der Waals surface area contributed by atoms with Gasteiger partial charge in [0.1, 0.15) is 0 Å². The van der Waals surface area contributed by atoms with E-state index in [1.807, 2.05) is 29.1 Å². The Hall–Kier alpha value is -1.94. The van der Waals surface area contributed by atoms with Crippen LogP contribution in [0.3, 0.4) is 0 Å². The van der Waals surface area contributed by atoms with Gasteiger partial charge in [0, 0.05) is 24.8 Å². The number of halogens is 1. The van der Waals surface area contributed by atoms with E-state index in [1.54, 1.807) is 24.6 Å². The van der Waals surface area contributed by atoms with E-state index in [9.17, 15) is 0 Å². The van der Waals surface area contributed by atoms with Crippen LogP contribution >= 0.6 is 35.3 Å². The summed E-state index contributed by atoms with van der Waals surface area (Å²) in [6, 6.07) is 10.4. The molecule has 2 aromatic heterocycles. The van der Waals surface area contributed by atoms with E-state index >= 15 is 0 Å². The van der Waals surface area contributed by atoms with E-state index in [4.69, 9.17) is 0 Å². The van der Waals surface area contributed by atoms with Gasteiger partial charge in [-0.15, -0.1) is 35.3 Å². The second-order valence-corrected chi connectivity index (χ2v) is 6.87. The number of guanidine groups is 1. The molecular formula is C19H25IN6S. The molecule has 3 rings (SSSR count). The summed E-state index contributed by atoms with van der Waals surface area (Å²) in [7, 11) is 1.78. The average molecular weight is 496 g/mol. The smallest absolute Gasteiger partial charge is 0.191 e. The van der Waals surface area contributed by atoms with Gasteiger partial charge in [0.05, 0.1) is 29.0 Å². The van der Waals surface area contributed by atoms with E-state index < -0.39 is 0 Å². The standard InChI is InChI=1S/C19H24N6S.HI/c1-4-18-24-16(13-26-18)12-21-19(20-3)23-14(2)15-7-5-8-17(11-15)25-10-6-9-22-25;/h5-11,13-14H,4,12H2,1-3H3,(H2,20,21,23);1H. The summed E-state index contributed by atoms with van der Waals surface area (Å²) in [6.45, 7) is 4.90. The van der Waals surface area contributed by atoms with Gasteiger partial charge in [-0.25, -0.2) is 9.67 Å². The van der Waals surface area contributed by atoms with E-state index in [0.717, 1.165) is 28.8 Å². The number of nitrogens with one attached hydrogen (secondary N) is 2. The Labute approximate surface area is 181 Å². The SMILES string of the molecule is CCc1nc(CNC(=NC)NC(C)c2cccc(-n3cccn3)c2)cs1.I. The van der Waals surface area contributed by atoms with Crippen LogP contribution in [0, 0.1) is 0 Å². The first-order valence-corrected chi connectivity index (χ1v) is 9.58. The number of thiazole rings is 1. The number of aromatic nitrogens is 3. The molecule has 1 atom stereocenters. The van der Waals surface area contributed by atoms with Crippen LogP contribution in [0.15, 0.2) is 53.1 Å². The summed E-state index contributed by atoms with van der Waals surface area (Å²) in [6.07, 6.45) is 4.69. The van der Waals surface area contributed by atoms with Crippen LogP contribution in [-0.2, 0) is 13.0 Å². The fourth-order valence-electron chi connectivity index (χ4n) is 2.61. The molecule has 0 aliphatic rings. The van der Waals surface area contributed by atoms with Crippen LogP contribution in [0.2, 0.25) is 0 Å². The first kappa shape index (κ1) is 21.4. The molecule has 1 aromatic carbocycles. The zero-order chi connectivity index (χ0) is 18.4. The second-order valence-electron chi connectivity index (χ2n) is 5.92. The molecule has 0 radical (unpaired) electrons. The van der Waals surface area contributed by atoms with Crippen molar-refractivity contribution in [3.63, 3.8) is 0 Å². The number of aryl methyl sites for hydroxylation is 1. The molecule has 3 aromatic rings. The highest BCUT2D eigenvalue weighted by Gasteiger charge is 2.10. The lowest BCUT2D eigenvalue weighted by molar-refractivity contribution is 0.681. The van der Waals surface area contributed by atoms with Crippen LogP contribution < -0.4 is 10.6 Å². The average Bonchev–Trinajstić information content (AvgIpc) is 3.36. The largest absolute Gasteiger partial charge is 0.351 e. The van der Waals surface area contributed by atoms with Crippen LogP contribution in [-0.4, -0.2) is 27.8 Å². The molecule has 0 saturated heterocycles. The molecule has 0 spiro atoms. The van der Waals surface area contributed by atoms with Crippen molar-refractivity contribution in [2.24, 2.45) is 4.99 Å². The number of aliphatic imine (C=N–C) groups is 1. The summed E-state index contributed by atoms with van der Waals surface area (Å²) in [5.74, 6) is 0.757. The molecule has 0 bridgehead atoms. The minimum atomic E-state index is 0. The summed E-state index contributed by atoms with van der Waals surface area (Å²) < 4.78 is 1.86. The monoisotopic (exact) mass is 496 g/mol. The summed E-state index contributed by atoms with van der Waals surface area (Å²) in [5.41, 5.74) is 3.25. The molecule has 0 amide bonds. The third-order valence-corrected chi connectivity index (χ3v) is 5.10. The highest BCUT2D eigenvalue weighted by atomic mass is 127. The van der Waals surface area contributed by atoms with Crippen molar-refractivity contribution in [1.82, 2.24) is 25.4 Å². The zero-order valence-corrected chi connectivity index (χ0v) is 18.9. The minimum Gasteiger partial charge on any atom is -0.351 e. The second kappa shape index (κ2) is 10.4. The highest BCUT2D eigenvalue weighted by molar-refractivity contribution is 14.0. The van der Waals surface area contributed by atoms with E-state index in [0.29, 0.717) is 6.54 Å². The van der Waals surface area contributed by atoms with Crippen molar-refractivity contribution in [2.45, 2.75) is 32.9 Å². The molecule has 0 fully saturated rings. The highest BCUT2D eigenvalue weighted by Crippen LogP contribution is 2.16. The Bertz CT molecular complexity index is 859. The summed E-state index contributed by atoms with van der Waals surface area (Å²) in [4.78, 5) is 8.90. The fraction of sp³-hybridized carbons (Fsp3) is 0.316. The summed E-state index contributed by atoms with van der Waals surface area (Å²) >= 11 is 1.70. The maximum atomic E-state index is 4.58. The third-order valence-electron chi connectivity index (χ3n) is 4.05. The van der Waals surface area contributed by atoms with Gasteiger partial charge in [-0.1, -0.05) is 19.1 Å². The molecule has 0 aliphatic heterocycles. The van der Waals surface area contributed by atoms with Crippen molar-refractivity contribution in [3.8, 4) is 5.69 Å². The number of rotatable bonds is 6. The Morgan fingerprint density at radius 3 is 2.85 bits per heavy atom. The molecular weight excluding hydrogens is 471 g/mol. The lowest BCUT2D eigenvalue weighted by Crippen LogP contribution is -2.38. The number of nitrogens with zero attached hydrogens (tertiary/aromatic N) is 4. The number of benzene rings is 1. The van der Waals surface area contributed by atoms with Crippen molar-refractivity contribution >= 4 is 41.3 Å². The Kier molecular flexibility index (Phi) is 8.23. The molecule has 2 N–H and O–H groups in total. The van der Waals surface area contributed by atoms with Gasteiger partial charge in [-0.2, -0.15) is 5.10 Å². The molecule has 0 aliphatic carbocycles. The lowest BCUT2D eigenvalue weighted by atomic mass is 10.1. The molecule has 144 valence electrons. The predicted molar refractivity (Wildman–Crippen MR) is 122 cm³/mol. The summed E-state index contributed by atoms with van der Waals surface area (Å²) in [5, 5.41) is 14.3. The van der Waals surface area contributed by atoms with E-state index in [1.165, 1.54) is 5.56 Å². The zero-order valence-electron chi connectivity index (χ0n) is 15.7. The van der Waals surface area contributed by atoms with Gasteiger partial charge in [-0.3, -0.25) is 4.99 Å². The quantitative estimate of drug-likeness (QED) is 0.308. The molecule has 2 heterocycles. The molecule has 0 saturated carbocycles.